The molecule has 8 unspecified atom stereocenters. The molecule has 0 aromatic heterocycles. The van der Waals surface area contributed by atoms with Gasteiger partial charge in [-0.05, 0) is 37.9 Å². The molecular weight excluding hydrogens is 506 g/mol. The Bertz CT molecular complexity index is 1390. The number of fused-ring (bicyclic) bond motifs is 3. The number of primary amides is 1. The van der Waals surface area contributed by atoms with Gasteiger partial charge < -0.3 is 26.4 Å². The molecule has 0 aliphatic heterocycles. The van der Waals surface area contributed by atoms with E-state index in [1.54, 1.807) is 24.3 Å². The number of nitrogens with two attached hydrogens (primary N) is 1. The van der Waals surface area contributed by atoms with Gasteiger partial charge in [0.1, 0.15) is 5.75 Å². The molecule has 5 rings (SSSR count). The second kappa shape index (κ2) is 9.37. The third-order valence-corrected chi connectivity index (χ3v) is 8.45. The largest absolute Gasteiger partial charge is 0.507 e. The lowest BCUT2D eigenvalue weighted by Crippen LogP contribution is -2.78. The molecule has 3 aliphatic carbocycles. The molecule has 204 valence electrons. The maximum atomic E-state index is 14.1. The number of phenolic OH excluding ortho intramolecular Hbond substituents is 1. The molecule has 39 heavy (non-hydrogen) atoms. The molecule has 2 fully saturated rings. The van der Waals surface area contributed by atoms with E-state index in [0.717, 1.165) is 5.69 Å². The first-order valence-electron chi connectivity index (χ1n) is 12.6. The zero-order valence-corrected chi connectivity index (χ0v) is 21.3. The van der Waals surface area contributed by atoms with Crippen LogP contribution in [0.1, 0.15) is 21.8 Å². The number of rotatable bonds is 5. The lowest BCUT2D eigenvalue weighted by molar-refractivity contribution is -0.196. The van der Waals surface area contributed by atoms with Crippen LogP contribution >= 0.6 is 0 Å². The van der Waals surface area contributed by atoms with E-state index in [4.69, 9.17) is 5.73 Å². The number of benzene rings is 2. The average molecular weight is 536 g/mol. The molecule has 1 amide bonds. The number of ketones is 4. The number of Topliss-reactive ketones (excluding diaryl/α,β-unsaturated/α-hetero) is 4. The van der Waals surface area contributed by atoms with E-state index in [2.05, 4.69) is 5.32 Å². The number of likely N-dealkylation sites (N-methyl/N-ethyl adjacent to an activating group) is 1. The second-order valence-corrected chi connectivity index (χ2v) is 10.7. The zero-order valence-electron chi connectivity index (χ0n) is 21.3. The summed E-state index contributed by atoms with van der Waals surface area (Å²) < 4.78 is 0. The highest BCUT2D eigenvalue weighted by Gasteiger charge is 2.73. The number of carbonyl (C=O) groups is 5. The highest BCUT2D eigenvalue weighted by molar-refractivity contribution is 6.32. The first-order chi connectivity index (χ1) is 18.4. The Morgan fingerprint density at radius 2 is 1.69 bits per heavy atom. The quantitative estimate of drug-likeness (QED) is 0.312. The third kappa shape index (κ3) is 3.72. The lowest BCUT2D eigenvalue weighted by Gasteiger charge is -2.56. The van der Waals surface area contributed by atoms with Crippen LogP contribution in [0.4, 0.5) is 5.69 Å². The Kier molecular flexibility index (Phi) is 6.41. The van der Waals surface area contributed by atoms with E-state index in [1.807, 2.05) is 18.2 Å². The van der Waals surface area contributed by atoms with E-state index >= 15 is 0 Å². The van der Waals surface area contributed by atoms with Crippen molar-refractivity contribution >= 4 is 34.7 Å². The van der Waals surface area contributed by atoms with Gasteiger partial charge in [-0.15, -0.1) is 0 Å². The van der Waals surface area contributed by atoms with Crippen molar-refractivity contribution in [3.8, 4) is 5.75 Å². The van der Waals surface area contributed by atoms with Crippen molar-refractivity contribution in [1.82, 2.24) is 4.90 Å². The monoisotopic (exact) mass is 535 g/mol. The van der Waals surface area contributed by atoms with E-state index in [1.165, 1.54) is 25.1 Å². The summed E-state index contributed by atoms with van der Waals surface area (Å²) in [5, 5.41) is 37.4. The standard InChI is InChI=1S/C28H29N3O8/c1-31(2)21-20-23(34)17-14(11-30-12-7-4-3-5-8-12)13-9-6-10-15(32)16(13)22(33)18(17)25(36)28(20,39)26(37)19(24(21)35)27(29)38/h3-10,14,17-21,23,30,32,34,39H,11H2,1-2H3,(H2,29,38). The number of amides is 1. The van der Waals surface area contributed by atoms with Crippen LogP contribution in [0.15, 0.2) is 48.5 Å². The maximum absolute atomic E-state index is 14.1. The molecular formula is C28H29N3O8. The Hall–Kier alpha value is -3.93. The summed E-state index contributed by atoms with van der Waals surface area (Å²) in [4.78, 5) is 68.1. The number of nitrogens with zero attached hydrogens (tertiary/aromatic N) is 1. The molecule has 0 radical (unpaired) electrons. The summed E-state index contributed by atoms with van der Waals surface area (Å²) in [6.07, 6.45) is -1.70. The van der Waals surface area contributed by atoms with E-state index in [-0.39, 0.29) is 17.9 Å². The highest BCUT2D eigenvalue weighted by Crippen LogP contribution is 2.54. The number of hydrogen-bond acceptors (Lipinski definition) is 10. The van der Waals surface area contributed by atoms with Gasteiger partial charge in [-0.3, -0.25) is 28.9 Å². The van der Waals surface area contributed by atoms with Gasteiger partial charge >= 0.3 is 0 Å². The van der Waals surface area contributed by atoms with Crippen molar-refractivity contribution in [2.45, 2.75) is 23.7 Å². The van der Waals surface area contributed by atoms with Crippen LogP contribution in [0.2, 0.25) is 0 Å². The molecule has 8 atom stereocenters. The van der Waals surface area contributed by atoms with Crippen molar-refractivity contribution in [3.05, 3.63) is 59.7 Å². The molecule has 0 heterocycles. The first-order valence-corrected chi connectivity index (χ1v) is 12.6. The summed E-state index contributed by atoms with van der Waals surface area (Å²) in [6.45, 7) is 0.114. The summed E-state index contributed by atoms with van der Waals surface area (Å²) in [5.74, 6) is -13.6. The number of aromatic hydroxyl groups is 1. The molecule has 2 saturated carbocycles. The molecule has 0 spiro atoms. The van der Waals surface area contributed by atoms with Crippen LogP contribution < -0.4 is 11.1 Å². The van der Waals surface area contributed by atoms with Crippen LogP contribution in [0.25, 0.3) is 0 Å². The van der Waals surface area contributed by atoms with Gasteiger partial charge in [0.2, 0.25) is 5.91 Å². The summed E-state index contributed by atoms with van der Waals surface area (Å²) in [7, 11) is 2.90. The minimum absolute atomic E-state index is 0.114. The number of nitrogens with one attached hydrogen (secondary N) is 1. The van der Waals surface area contributed by atoms with Crippen LogP contribution in [0.5, 0.6) is 5.75 Å². The van der Waals surface area contributed by atoms with E-state index < -0.39 is 76.4 Å². The fourth-order valence-electron chi connectivity index (χ4n) is 6.79. The molecule has 0 bridgehead atoms. The molecule has 3 aliphatic rings. The van der Waals surface area contributed by atoms with Gasteiger partial charge in [0.25, 0.3) is 0 Å². The summed E-state index contributed by atoms with van der Waals surface area (Å²) >= 11 is 0. The smallest absolute Gasteiger partial charge is 0.235 e. The van der Waals surface area contributed by atoms with Crippen LogP contribution in [0.3, 0.4) is 0 Å². The van der Waals surface area contributed by atoms with Crippen LogP contribution in [-0.4, -0.2) is 87.6 Å². The van der Waals surface area contributed by atoms with Crippen molar-refractivity contribution in [2.24, 2.45) is 29.4 Å². The van der Waals surface area contributed by atoms with Crippen molar-refractivity contribution < 1.29 is 39.3 Å². The maximum Gasteiger partial charge on any atom is 0.235 e. The Labute approximate surface area is 223 Å². The normalized spacial score (nSPS) is 33.8. The molecule has 6 N–H and O–H groups in total. The van der Waals surface area contributed by atoms with Crippen LogP contribution in [0, 0.1) is 23.7 Å². The number of carbonyl (C=O) groups excluding carboxylic acids is 5. The average Bonchev–Trinajstić information content (AvgIpc) is 2.88. The van der Waals surface area contributed by atoms with E-state index in [9.17, 15) is 39.3 Å². The Balaban J connectivity index is 1.69. The van der Waals surface area contributed by atoms with Crippen LogP contribution in [-0.2, 0) is 19.2 Å². The predicted molar refractivity (Wildman–Crippen MR) is 137 cm³/mol. The zero-order chi connectivity index (χ0) is 28.4. The van der Waals surface area contributed by atoms with Crippen molar-refractivity contribution in [2.75, 3.05) is 26.0 Å². The molecule has 11 heteroatoms. The third-order valence-electron chi connectivity index (χ3n) is 8.45. The SMILES string of the molecule is CN(C)C1C(=O)C(C(N)=O)C(=O)C2(O)C(=O)C3C(=O)c4c(O)cccc4C(CNc4ccccc4)C3C(O)C12. The fraction of sp³-hybridized carbons (Fsp3) is 0.393. The van der Waals surface area contributed by atoms with Gasteiger partial charge in [0.05, 0.1) is 29.5 Å². The van der Waals surface area contributed by atoms with Gasteiger partial charge in [-0.25, -0.2) is 0 Å². The number of aliphatic hydroxyl groups excluding tert-OH is 1. The number of hydrogen-bond donors (Lipinski definition) is 5. The summed E-state index contributed by atoms with van der Waals surface area (Å²) in [5.41, 5.74) is 3.27. The first kappa shape index (κ1) is 26.7. The minimum atomic E-state index is -3.03. The number of phenols is 1. The molecule has 0 saturated heterocycles. The Morgan fingerprint density at radius 1 is 1.03 bits per heavy atom. The topological polar surface area (TPSA) is 187 Å². The van der Waals surface area contributed by atoms with Crippen molar-refractivity contribution in [1.29, 1.82) is 0 Å². The lowest BCUT2D eigenvalue weighted by atomic mass is 9.49. The number of aliphatic hydroxyl groups is 2. The molecule has 2 aromatic rings. The molecule has 11 nitrogen and oxygen atoms in total. The van der Waals surface area contributed by atoms with E-state index in [0.29, 0.717) is 5.56 Å². The summed E-state index contributed by atoms with van der Waals surface area (Å²) in [6, 6.07) is 12.1. The minimum Gasteiger partial charge on any atom is -0.507 e. The van der Waals surface area contributed by atoms with Gasteiger partial charge in [-0.2, -0.15) is 0 Å². The predicted octanol–water partition coefficient (Wildman–Crippen LogP) is -0.509. The molecule has 2 aromatic carbocycles. The van der Waals surface area contributed by atoms with Gasteiger partial charge in [0, 0.05) is 24.1 Å². The Morgan fingerprint density at radius 3 is 2.31 bits per heavy atom. The van der Waals surface area contributed by atoms with Crippen molar-refractivity contribution in [3.63, 3.8) is 0 Å². The highest BCUT2D eigenvalue weighted by atomic mass is 16.3. The van der Waals surface area contributed by atoms with Gasteiger partial charge in [0.15, 0.2) is 34.7 Å². The number of para-hydroxylation sites is 1. The van der Waals surface area contributed by atoms with Gasteiger partial charge in [-0.1, -0.05) is 30.3 Å². The second-order valence-electron chi connectivity index (χ2n) is 10.7. The fourth-order valence-corrected chi connectivity index (χ4v) is 6.79. The number of anilines is 1.